The van der Waals surface area contributed by atoms with Crippen LogP contribution in [0, 0.1) is 5.82 Å². The molecule has 1 aromatic heterocycles. The summed E-state index contributed by atoms with van der Waals surface area (Å²) in [5.74, 6) is 0.633. The lowest BCUT2D eigenvalue weighted by Crippen LogP contribution is -2.08. The fraction of sp³-hybridized carbons (Fsp3) is 0.273. The number of aryl methyl sites for hydroxylation is 1. The predicted octanol–water partition coefficient (Wildman–Crippen LogP) is 2.05. The Balaban J connectivity index is 1.99. The lowest BCUT2D eigenvalue weighted by Gasteiger charge is -2.06. The van der Waals surface area contributed by atoms with Crippen LogP contribution < -0.4 is 5.32 Å². The summed E-state index contributed by atoms with van der Waals surface area (Å²) >= 11 is 0. The number of aromatic nitrogens is 3. The lowest BCUT2D eigenvalue weighted by atomic mass is 10.3. The van der Waals surface area contributed by atoms with Crippen LogP contribution in [0.15, 0.2) is 30.6 Å². The first-order chi connectivity index (χ1) is 7.79. The molecular weight excluding hydrogens is 207 g/mol. The van der Waals surface area contributed by atoms with Gasteiger partial charge in [0.1, 0.15) is 18.0 Å². The van der Waals surface area contributed by atoms with Gasteiger partial charge in [0.05, 0.1) is 6.54 Å². The molecule has 0 saturated heterocycles. The fourth-order valence-electron chi connectivity index (χ4n) is 1.44. The largest absolute Gasteiger partial charge is 0.378 e. The molecule has 0 aliphatic rings. The van der Waals surface area contributed by atoms with Gasteiger partial charge >= 0.3 is 0 Å². The van der Waals surface area contributed by atoms with Crippen LogP contribution in [-0.4, -0.2) is 14.8 Å². The van der Waals surface area contributed by atoms with E-state index in [9.17, 15) is 4.39 Å². The molecule has 0 aliphatic carbocycles. The number of rotatable bonds is 4. The Morgan fingerprint density at radius 3 is 2.75 bits per heavy atom. The number of anilines is 1. The van der Waals surface area contributed by atoms with Crippen LogP contribution in [-0.2, 0) is 13.1 Å². The van der Waals surface area contributed by atoms with Crippen molar-refractivity contribution in [3.63, 3.8) is 0 Å². The molecule has 1 N–H and O–H groups in total. The zero-order chi connectivity index (χ0) is 11.4. The predicted molar refractivity (Wildman–Crippen MR) is 59.4 cm³/mol. The van der Waals surface area contributed by atoms with Crippen molar-refractivity contribution in [1.29, 1.82) is 0 Å². The summed E-state index contributed by atoms with van der Waals surface area (Å²) in [6.45, 7) is 3.38. The highest BCUT2D eigenvalue weighted by molar-refractivity contribution is 5.42. The summed E-state index contributed by atoms with van der Waals surface area (Å²) in [5.41, 5.74) is 0.868. The Kier molecular flexibility index (Phi) is 3.14. The third kappa shape index (κ3) is 2.36. The van der Waals surface area contributed by atoms with Gasteiger partial charge in [-0.15, -0.1) is 0 Å². The minimum absolute atomic E-state index is 0.234. The van der Waals surface area contributed by atoms with Crippen molar-refractivity contribution >= 4 is 5.69 Å². The molecule has 0 unspecified atom stereocenters. The first kappa shape index (κ1) is 10.6. The van der Waals surface area contributed by atoms with Crippen LogP contribution >= 0.6 is 0 Å². The number of halogens is 1. The van der Waals surface area contributed by atoms with Crippen LogP contribution in [0.3, 0.4) is 0 Å². The quantitative estimate of drug-likeness (QED) is 0.857. The molecule has 1 aromatic carbocycles. The molecular formula is C11H13FN4. The second kappa shape index (κ2) is 4.74. The SMILES string of the molecule is CCn1ncnc1CNc1ccc(F)cc1. The van der Waals surface area contributed by atoms with Crippen LogP contribution in [0.25, 0.3) is 0 Å². The van der Waals surface area contributed by atoms with E-state index in [-0.39, 0.29) is 5.82 Å². The molecule has 0 atom stereocenters. The maximum atomic E-state index is 12.7. The van der Waals surface area contributed by atoms with E-state index in [1.165, 1.54) is 18.5 Å². The van der Waals surface area contributed by atoms with Crippen molar-refractivity contribution < 1.29 is 4.39 Å². The molecule has 0 amide bonds. The maximum Gasteiger partial charge on any atom is 0.146 e. The van der Waals surface area contributed by atoms with Gasteiger partial charge in [0.15, 0.2) is 0 Å². The van der Waals surface area contributed by atoms with Gasteiger partial charge in [0.25, 0.3) is 0 Å². The standard InChI is InChI=1S/C11H13FN4/c1-2-16-11(14-8-15-16)7-13-10-5-3-9(12)4-6-10/h3-6,8,13H,2,7H2,1H3. The number of hydrogen-bond acceptors (Lipinski definition) is 3. The summed E-state index contributed by atoms with van der Waals surface area (Å²) in [6, 6.07) is 6.24. The number of hydrogen-bond donors (Lipinski definition) is 1. The summed E-state index contributed by atoms with van der Waals surface area (Å²) < 4.78 is 14.5. The summed E-state index contributed by atoms with van der Waals surface area (Å²) in [5, 5.41) is 7.23. The Hall–Kier alpha value is -1.91. The van der Waals surface area contributed by atoms with Gasteiger partial charge in [-0.1, -0.05) is 0 Å². The molecule has 2 aromatic rings. The Labute approximate surface area is 93.1 Å². The van der Waals surface area contributed by atoms with Crippen molar-refractivity contribution in [1.82, 2.24) is 14.8 Å². The van der Waals surface area contributed by atoms with E-state index in [0.717, 1.165) is 18.1 Å². The highest BCUT2D eigenvalue weighted by Gasteiger charge is 2.01. The van der Waals surface area contributed by atoms with Crippen LogP contribution in [0.5, 0.6) is 0 Å². The molecule has 16 heavy (non-hydrogen) atoms. The van der Waals surface area contributed by atoms with Crippen LogP contribution in [0.2, 0.25) is 0 Å². The zero-order valence-corrected chi connectivity index (χ0v) is 9.02. The molecule has 84 valence electrons. The minimum atomic E-state index is -0.234. The minimum Gasteiger partial charge on any atom is -0.378 e. The fourth-order valence-corrected chi connectivity index (χ4v) is 1.44. The Morgan fingerprint density at radius 2 is 2.06 bits per heavy atom. The topological polar surface area (TPSA) is 42.7 Å². The molecule has 0 radical (unpaired) electrons. The monoisotopic (exact) mass is 220 g/mol. The molecule has 2 rings (SSSR count). The van der Waals surface area contributed by atoms with E-state index in [1.807, 2.05) is 11.6 Å². The van der Waals surface area contributed by atoms with Gasteiger partial charge in [0, 0.05) is 12.2 Å². The molecule has 0 fully saturated rings. The Bertz CT molecular complexity index is 449. The number of benzene rings is 1. The highest BCUT2D eigenvalue weighted by atomic mass is 19.1. The van der Waals surface area contributed by atoms with Gasteiger partial charge in [-0.25, -0.2) is 14.1 Å². The van der Waals surface area contributed by atoms with Crippen LogP contribution in [0.1, 0.15) is 12.7 Å². The van der Waals surface area contributed by atoms with Gasteiger partial charge in [0.2, 0.25) is 0 Å². The van der Waals surface area contributed by atoms with Gasteiger partial charge in [-0.3, -0.25) is 0 Å². The Morgan fingerprint density at radius 1 is 1.31 bits per heavy atom. The number of nitrogens with zero attached hydrogens (tertiary/aromatic N) is 3. The van der Waals surface area contributed by atoms with E-state index in [2.05, 4.69) is 15.4 Å². The van der Waals surface area contributed by atoms with Crippen LogP contribution in [0.4, 0.5) is 10.1 Å². The summed E-state index contributed by atoms with van der Waals surface area (Å²) in [6.07, 6.45) is 1.53. The lowest BCUT2D eigenvalue weighted by molar-refractivity contribution is 0.621. The third-order valence-electron chi connectivity index (χ3n) is 2.29. The molecule has 1 heterocycles. The average molecular weight is 220 g/mol. The average Bonchev–Trinajstić information content (AvgIpc) is 2.76. The van der Waals surface area contributed by atoms with E-state index in [4.69, 9.17) is 0 Å². The molecule has 0 saturated carbocycles. The van der Waals surface area contributed by atoms with E-state index >= 15 is 0 Å². The third-order valence-corrected chi connectivity index (χ3v) is 2.29. The second-order valence-electron chi connectivity index (χ2n) is 3.35. The highest BCUT2D eigenvalue weighted by Crippen LogP contribution is 2.09. The summed E-state index contributed by atoms with van der Waals surface area (Å²) in [4.78, 5) is 4.13. The molecule has 5 heteroatoms. The van der Waals surface area contributed by atoms with E-state index < -0.39 is 0 Å². The summed E-state index contributed by atoms with van der Waals surface area (Å²) in [7, 11) is 0. The normalized spacial score (nSPS) is 10.4. The van der Waals surface area contributed by atoms with Gasteiger partial charge < -0.3 is 5.32 Å². The van der Waals surface area contributed by atoms with Gasteiger partial charge in [-0.05, 0) is 31.2 Å². The van der Waals surface area contributed by atoms with Crippen molar-refractivity contribution in [2.24, 2.45) is 0 Å². The van der Waals surface area contributed by atoms with E-state index in [0.29, 0.717) is 6.54 Å². The first-order valence-electron chi connectivity index (χ1n) is 5.15. The zero-order valence-electron chi connectivity index (χ0n) is 9.02. The number of nitrogens with one attached hydrogen (secondary N) is 1. The maximum absolute atomic E-state index is 12.7. The smallest absolute Gasteiger partial charge is 0.146 e. The van der Waals surface area contributed by atoms with E-state index in [1.54, 1.807) is 12.1 Å². The van der Waals surface area contributed by atoms with Crippen molar-refractivity contribution in [2.75, 3.05) is 5.32 Å². The van der Waals surface area contributed by atoms with Crippen molar-refractivity contribution in [2.45, 2.75) is 20.0 Å². The van der Waals surface area contributed by atoms with Crippen molar-refractivity contribution in [3.8, 4) is 0 Å². The van der Waals surface area contributed by atoms with Gasteiger partial charge in [-0.2, -0.15) is 5.10 Å². The molecule has 0 bridgehead atoms. The first-order valence-corrected chi connectivity index (χ1v) is 5.15. The molecule has 4 nitrogen and oxygen atoms in total. The second-order valence-corrected chi connectivity index (χ2v) is 3.35. The van der Waals surface area contributed by atoms with Crippen molar-refractivity contribution in [3.05, 3.63) is 42.2 Å². The molecule has 0 spiro atoms. The molecule has 0 aliphatic heterocycles.